The molecule has 5 rings (SSSR count). The second-order valence-corrected chi connectivity index (χ2v) is 7.86. The summed E-state index contributed by atoms with van der Waals surface area (Å²) in [7, 11) is 0. The zero-order valence-corrected chi connectivity index (χ0v) is 17.5. The van der Waals surface area contributed by atoms with Gasteiger partial charge in [0, 0.05) is 44.8 Å². The molecule has 3 aromatic heterocycles. The number of alkyl halides is 3. The molecule has 1 fully saturated rings. The average Bonchev–Trinajstić information content (AvgIpc) is 3.27. The van der Waals surface area contributed by atoms with Crippen LogP contribution in [0.15, 0.2) is 73.2 Å². The van der Waals surface area contributed by atoms with Gasteiger partial charge in [-0.2, -0.15) is 13.2 Å². The second kappa shape index (κ2) is 8.23. The van der Waals surface area contributed by atoms with Crippen molar-refractivity contribution < 1.29 is 18.0 Å². The molecule has 1 aliphatic heterocycles. The smallest absolute Gasteiger partial charge is 0.353 e. The zero-order valence-electron chi connectivity index (χ0n) is 17.5. The summed E-state index contributed by atoms with van der Waals surface area (Å²) in [5.41, 5.74) is 1.21. The SMILES string of the molecule is O=C(c1cn2cc(-c3cccc(C(F)(F)F)c3)ccc2n1)N1CCN(c2ccccn2)CC1. The number of aromatic nitrogens is 3. The van der Waals surface area contributed by atoms with Crippen LogP contribution < -0.4 is 4.90 Å². The van der Waals surface area contributed by atoms with Gasteiger partial charge in [-0.05, 0) is 47.5 Å². The van der Waals surface area contributed by atoms with Crippen LogP contribution in [0.25, 0.3) is 16.8 Å². The molecule has 168 valence electrons. The molecule has 0 spiro atoms. The number of imidazole rings is 1. The van der Waals surface area contributed by atoms with Crippen LogP contribution in [0.2, 0.25) is 0 Å². The highest BCUT2D eigenvalue weighted by molar-refractivity contribution is 5.93. The number of nitrogens with zero attached hydrogens (tertiary/aromatic N) is 5. The summed E-state index contributed by atoms with van der Waals surface area (Å²) >= 11 is 0. The third-order valence-corrected chi connectivity index (χ3v) is 5.73. The molecular weight excluding hydrogens is 431 g/mol. The maximum absolute atomic E-state index is 13.1. The van der Waals surface area contributed by atoms with E-state index in [0.29, 0.717) is 48.6 Å². The Balaban J connectivity index is 1.34. The molecule has 0 radical (unpaired) electrons. The number of rotatable bonds is 3. The summed E-state index contributed by atoms with van der Waals surface area (Å²) in [6, 6.07) is 14.3. The van der Waals surface area contributed by atoms with Crippen molar-refractivity contribution in [1.82, 2.24) is 19.3 Å². The van der Waals surface area contributed by atoms with Crippen molar-refractivity contribution in [2.24, 2.45) is 0 Å². The molecule has 6 nitrogen and oxygen atoms in total. The van der Waals surface area contributed by atoms with Gasteiger partial charge in [0.1, 0.15) is 17.2 Å². The molecule has 9 heteroatoms. The van der Waals surface area contributed by atoms with Crippen molar-refractivity contribution in [3.05, 3.63) is 84.4 Å². The van der Waals surface area contributed by atoms with Crippen molar-refractivity contribution in [2.75, 3.05) is 31.1 Å². The minimum absolute atomic E-state index is 0.167. The summed E-state index contributed by atoms with van der Waals surface area (Å²) < 4.78 is 40.9. The second-order valence-electron chi connectivity index (χ2n) is 7.86. The average molecular weight is 451 g/mol. The molecule has 1 aromatic carbocycles. The molecule has 1 saturated heterocycles. The van der Waals surface area contributed by atoms with Crippen LogP contribution in [0.1, 0.15) is 16.1 Å². The van der Waals surface area contributed by atoms with Crippen LogP contribution in [0, 0.1) is 0 Å². The van der Waals surface area contributed by atoms with E-state index in [1.807, 2.05) is 18.2 Å². The molecule has 0 atom stereocenters. The van der Waals surface area contributed by atoms with E-state index >= 15 is 0 Å². The van der Waals surface area contributed by atoms with Crippen LogP contribution in [-0.4, -0.2) is 51.4 Å². The van der Waals surface area contributed by atoms with Crippen LogP contribution in [0.3, 0.4) is 0 Å². The fraction of sp³-hybridized carbons (Fsp3) is 0.208. The quantitative estimate of drug-likeness (QED) is 0.464. The molecule has 4 aromatic rings. The lowest BCUT2D eigenvalue weighted by Crippen LogP contribution is -2.49. The van der Waals surface area contributed by atoms with E-state index in [0.717, 1.165) is 18.0 Å². The van der Waals surface area contributed by atoms with Gasteiger partial charge in [0.2, 0.25) is 0 Å². The van der Waals surface area contributed by atoms with E-state index in [1.54, 1.807) is 46.1 Å². The zero-order chi connectivity index (χ0) is 23.0. The Kier molecular flexibility index (Phi) is 5.24. The number of benzene rings is 1. The lowest BCUT2D eigenvalue weighted by atomic mass is 10.0. The Morgan fingerprint density at radius 1 is 0.879 bits per heavy atom. The predicted molar refractivity (Wildman–Crippen MR) is 118 cm³/mol. The molecule has 0 N–H and O–H groups in total. The summed E-state index contributed by atoms with van der Waals surface area (Å²) in [5, 5.41) is 0. The Morgan fingerprint density at radius 2 is 1.70 bits per heavy atom. The standard InChI is InChI=1S/C24H20F3N5O/c25-24(26,27)19-5-3-4-17(14-19)18-7-8-22-29-20(16-32(22)15-18)23(33)31-12-10-30(11-13-31)21-6-1-2-9-28-21/h1-9,14-16H,10-13H2. The first kappa shape index (κ1) is 21.0. The number of carbonyl (C=O) groups is 1. The number of piperazine rings is 1. The van der Waals surface area contributed by atoms with Gasteiger partial charge >= 0.3 is 6.18 Å². The lowest BCUT2D eigenvalue weighted by molar-refractivity contribution is -0.137. The number of halogens is 3. The van der Waals surface area contributed by atoms with Crippen molar-refractivity contribution >= 4 is 17.4 Å². The highest BCUT2D eigenvalue weighted by Crippen LogP contribution is 2.32. The molecule has 4 heterocycles. The van der Waals surface area contributed by atoms with Crippen LogP contribution in [-0.2, 0) is 6.18 Å². The first-order valence-electron chi connectivity index (χ1n) is 10.5. The normalized spacial score (nSPS) is 14.6. The molecule has 0 bridgehead atoms. The van der Waals surface area contributed by atoms with Gasteiger partial charge in [-0.3, -0.25) is 4.79 Å². The molecule has 1 aliphatic rings. The van der Waals surface area contributed by atoms with E-state index in [9.17, 15) is 18.0 Å². The van der Waals surface area contributed by atoms with Crippen LogP contribution >= 0.6 is 0 Å². The van der Waals surface area contributed by atoms with Crippen molar-refractivity contribution in [3.8, 4) is 11.1 Å². The topological polar surface area (TPSA) is 53.7 Å². The van der Waals surface area contributed by atoms with Crippen molar-refractivity contribution in [2.45, 2.75) is 6.18 Å². The van der Waals surface area contributed by atoms with E-state index in [1.165, 1.54) is 6.07 Å². The number of hydrogen-bond acceptors (Lipinski definition) is 4. The van der Waals surface area contributed by atoms with Crippen molar-refractivity contribution in [1.29, 1.82) is 0 Å². The Morgan fingerprint density at radius 3 is 2.42 bits per heavy atom. The maximum atomic E-state index is 13.1. The highest BCUT2D eigenvalue weighted by atomic mass is 19.4. The largest absolute Gasteiger partial charge is 0.416 e. The number of pyridine rings is 2. The van der Waals surface area contributed by atoms with Gasteiger partial charge in [-0.1, -0.05) is 18.2 Å². The van der Waals surface area contributed by atoms with Crippen LogP contribution in [0.5, 0.6) is 0 Å². The minimum Gasteiger partial charge on any atom is -0.353 e. The summed E-state index contributed by atoms with van der Waals surface area (Å²) in [6.45, 7) is 2.46. The van der Waals surface area contributed by atoms with E-state index in [2.05, 4.69) is 14.9 Å². The van der Waals surface area contributed by atoms with Gasteiger partial charge in [-0.15, -0.1) is 0 Å². The van der Waals surface area contributed by atoms with Gasteiger partial charge in [0.05, 0.1) is 5.56 Å². The van der Waals surface area contributed by atoms with Gasteiger partial charge < -0.3 is 14.2 Å². The highest BCUT2D eigenvalue weighted by Gasteiger charge is 2.30. The molecule has 0 saturated carbocycles. The molecule has 0 unspecified atom stereocenters. The van der Waals surface area contributed by atoms with Crippen LogP contribution in [0.4, 0.5) is 19.0 Å². The predicted octanol–water partition coefficient (Wildman–Crippen LogP) is 4.38. The number of amides is 1. The first-order valence-corrected chi connectivity index (χ1v) is 10.5. The number of fused-ring (bicyclic) bond motifs is 1. The van der Waals surface area contributed by atoms with E-state index in [4.69, 9.17) is 0 Å². The summed E-state index contributed by atoms with van der Waals surface area (Å²) in [6.07, 6.45) is 0.653. The molecular formula is C24H20F3N5O. The van der Waals surface area contributed by atoms with Crippen molar-refractivity contribution in [3.63, 3.8) is 0 Å². The third kappa shape index (κ3) is 4.26. The fourth-order valence-corrected chi connectivity index (χ4v) is 3.98. The molecule has 33 heavy (non-hydrogen) atoms. The molecule has 1 amide bonds. The number of anilines is 1. The fourth-order valence-electron chi connectivity index (χ4n) is 3.98. The number of carbonyl (C=O) groups excluding carboxylic acids is 1. The Hall–Kier alpha value is -3.88. The lowest BCUT2D eigenvalue weighted by Gasteiger charge is -2.35. The summed E-state index contributed by atoms with van der Waals surface area (Å²) in [4.78, 5) is 25.7. The third-order valence-electron chi connectivity index (χ3n) is 5.73. The molecule has 0 aliphatic carbocycles. The van der Waals surface area contributed by atoms with Gasteiger partial charge in [-0.25, -0.2) is 9.97 Å². The van der Waals surface area contributed by atoms with Gasteiger partial charge in [0.25, 0.3) is 5.91 Å². The minimum atomic E-state index is -4.41. The number of hydrogen-bond donors (Lipinski definition) is 0. The summed E-state index contributed by atoms with van der Waals surface area (Å²) in [5.74, 6) is 0.722. The van der Waals surface area contributed by atoms with E-state index < -0.39 is 11.7 Å². The first-order chi connectivity index (χ1) is 15.9. The monoisotopic (exact) mass is 451 g/mol. The Bertz CT molecular complexity index is 1290. The van der Waals surface area contributed by atoms with Gasteiger partial charge in [0.15, 0.2) is 0 Å². The Labute approximate surface area is 187 Å². The maximum Gasteiger partial charge on any atom is 0.416 e. The van der Waals surface area contributed by atoms with E-state index in [-0.39, 0.29) is 5.91 Å².